The number of nitrogens with zero attached hydrogens (tertiary/aromatic N) is 3. The van der Waals surface area contributed by atoms with Crippen molar-refractivity contribution in [3.63, 3.8) is 0 Å². The van der Waals surface area contributed by atoms with Crippen LogP contribution in [0.1, 0.15) is 18.2 Å². The summed E-state index contributed by atoms with van der Waals surface area (Å²) in [5.74, 6) is -0.816. The second-order valence-electron chi connectivity index (χ2n) is 4.16. The molecule has 0 spiro atoms. The van der Waals surface area contributed by atoms with Crippen LogP contribution in [0.2, 0.25) is 0 Å². The van der Waals surface area contributed by atoms with Gasteiger partial charge in [0.05, 0.1) is 0 Å². The van der Waals surface area contributed by atoms with Crippen LogP contribution in [0.15, 0.2) is 24.5 Å². The fourth-order valence-electron chi connectivity index (χ4n) is 1.80. The van der Waals surface area contributed by atoms with Gasteiger partial charge in [0.2, 0.25) is 0 Å². The zero-order valence-electron chi connectivity index (χ0n) is 9.66. The third kappa shape index (κ3) is 1.64. The van der Waals surface area contributed by atoms with Gasteiger partial charge in [-0.1, -0.05) is 6.07 Å². The van der Waals surface area contributed by atoms with Gasteiger partial charge >= 0.3 is 5.97 Å². The number of aromatic nitrogens is 2. The largest absolute Gasteiger partial charge is 0.481 e. The van der Waals surface area contributed by atoms with Gasteiger partial charge in [0.15, 0.2) is 0 Å². The smallest absolute Gasteiger partial charge is 0.314 e. The molecule has 2 heterocycles. The number of hydrogen-bond donors (Lipinski definition) is 2. The van der Waals surface area contributed by atoms with Gasteiger partial charge in [-0.15, -0.1) is 0 Å². The summed E-state index contributed by atoms with van der Waals surface area (Å²) in [5, 5.41) is 18.3. The highest BCUT2D eigenvalue weighted by Crippen LogP contribution is 2.29. The van der Waals surface area contributed by atoms with E-state index in [2.05, 4.69) is 17.6 Å². The monoisotopic (exact) mass is 261 g/mol. The predicted octanol–water partition coefficient (Wildman–Crippen LogP) is 1.48. The first kappa shape index (κ1) is 12.5. The van der Waals surface area contributed by atoms with E-state index in [1.807, 2.05) is 6.07 Å². The number of nitriles is 1. The summed E-state index contributed by atoms with van der Waals surface area (Å²) in [6.45, 7) is 1.60. The molecule has 5 nitrogen and oxygen atoms in total. The number of rotatable bonds is 3. The molecule has 1 N–H and O–H groups in total. The molecule has 2 rings (SSSR count). The fourth-order valence-corrected chi connectivity index (χ4v) is 2.11. The molecule has 0 fully saturated rings. The Labute approximate surface area is 109 Å². The molecule has 92 valence electrons. The SMILES string of the molecule is CC(CS)(C(=O)O)c1ccc(C#N)n2ccnc12. The first-order valence-electron chi connectivity index (χ1n) is 5.25. The van der Waals surface area contributed by atoms with Crippen molar-refractivity contribution in [1.82, 2.24) is 9.38 Å². The Morgan fingerprint density at radius 2 is 2.39 bits per heavy atom. The minimum atomic E-state index is -1.14. The Bertz CT molecular complexity index is 659. The van der Waals surface area contributed by atoms with E-state index in [4.69, 9.17) is 5.26 Å². The van der Waals surface area contributed by atoms with Crippen LogP contribution in [0.25, 0.3) is 5.65 Å². The highest BCUT2D eigenvalue weighted by atomic mass is 32.1. The van der Waals surface area contributed by atoms with Gasteiger partial charge in [-0.3, -0.25) is 9.20 Å². The quantitative estimate of drug-likeness (QED) is 0.820. The summed E-state index contributed by atoms with van der Waals surface area (Å²) in [7, 11) is 0. The average molecular weight is 261 g/mol. The number of carboxylic acid groups (broad SMARTS) is 1. The molecule has 0 aliphatic heterocycles. The van der Waals surface area contributed by atoms with Crippen LogP contribution in [0.5, 0.6) is 0 Å². The number of fused-ring (bicyclic) bond motifs is 1. The summed E-state index contributed by atoms with van der Waals surface area (Å²) in [6.07, 6.45) is 3.18. The Kier molecular flexibility index (Phi) is 3.01. The van der Waals surface area contributed by atoms with Crippen molar-refractivity contribution in [3.8, 4) is 6.07 Å². The van der Waals surface area contributed by atoms with E-state index >= 15 is 0 Å². The molecule has 0 saturated carbocycles. The summed E-state index contributed by atoms with van der Waals surface area (Å²) in [4.78, 5) is 15.6. The summed E-state index contributed by atoms with van der Waals surface area (Å²) in [5.41, 5.74) is 0.309. The van der Waals surface area contributed by atoms with Crippen LogP contribution in [0, 0.1) is 11.3 Å². The first-order valence-corrected chi connectivity index (χ1v) is 5.88. The van der Waals surface area contributed by atoms with Gasteiger partial charge in [-0.2, -0.15) is 17.9 Å². The Morgan fingerprint density at radius 3 is 2.94 bits per heavy atom. The number of carboxylic acids is 1. The molecule has 2 aromatic heterocycles. The van der Waals surface area contributed by atoms with Crippen molar-refractivity contribution in [1.29, 1.82) is 5.26 Å². The van der Waals surface area contributed by atoms with E-state index in [9.17, 15) is 9.90 Å². The van der Waals surface area contributed by atoms with Crippen LogP contribution in [0.4, 0.5) is 0 Å². The molecule has 0 bridgehead atoms. The van der Waals surface area contributed by atoms with E-state index in [0.717, 1.165) is 0 Å². The third-order valence-electron chi connectivity index (χ3n) is 3.05. The molecule has 0 aliphatic rings. The van der Waals surface area contributed by atoms with Crippen molar-refractivity contribution in [2.45, 2.75) is 12.3 Å². The zero-order chi connectivity index (χ0) is 13.3. The maximum absolute atomic E-state index is 11.4. The lowest BCUT2D eigenvalue weighted by Crippen LogP contribution is -2.35. The molecule has 1 atom stereocenters. The molecule has 1 unspecified atom stereocenters. The zero-order valence-corrected chi connectivity index (χ0v) is 10.6. The summed E-state index contributed by atoms with van der Waals surface area (Å²) in [6, 6.07) is 5.26. The van der Waals surface area contributed by atoms with Crippen LogP contribution in [-0.4, -0.2) is 26.2 Å². The number of thiol groups is 1. The normalized spacial score (nSPS) is 14.1. The minimum Gasteiger partial charge on any atom is -0.481 e. The lowest BCUT2D eigenvalue weighted by Gasteiger charge is -2.23. The number of carbonyl (C=O) groups is 1. The van der Waals surface area contributed by atoms with Gasteiger partial charge < -0.3 is 5.11 Å². The number of imidazole rings is 1. The maximum atomic E-state index is 11.4. The van der Waals surface area contributed by atoms with Crippen molar-refractivity contribution in [3.05, 3.63) is 35.8 Å². The van der Waals surface area contributed by atoms with Gasteiger partial charge in [-0.05, 0) is 13.0 Å². The van der Waals surface area contributed by atoms with Gasteiger partial charge in [0.25, 0.3) is 0 Å². The van der Waals surface area contributed by atoms with Crippen molar-refractivity contribution < 1.29 is 9.90 Å². The Hall–Kier alpha value is -2.00. The fraction of sp³-hybridized carbons (Fsp3) is 0.250. The third-order valence-corrected chi connectivity index (χ3v) is 3.68. The van der Waals surface area contributed by atoms with Crippen LogP contribution < -0.4 is 0 Å². The van der Waals surface area contributed by atoms with Crippen LogP contribution in [0.3, 0.4) is 0 Å². The number of pyridine rings is 1. The van der Waals surface area contributed by atoms with Crippen molar-refractivity contribution in [2.75, 3.05) is 5.75 Å². The lowest BCUT2D eigenvalue weighted by molar-refractivity contribution is -0.142. The first-order chi connectivity index (χ1) is 8.54. The van der Waals surface area contributed by atoms with E-state index < -0.39 is 11.4 Å². The molecule has 0 aliphatic carbocycles. The summed E-state index contributed by atoms with van der Waals surface area (Å²) < 4.78 is 1.58. The molecular formula is C12H11N3O2S. The molecule has 2 aromatic rings. The highest BCUT2D eigenvalue weighted by molar-refractivity contribution is 7.80. The maximum Gasteiger partial charge on any atom is 0.314 e. The van der Waals surface area contributed by atoms with Gasteiger partial charge in [0, 0.05) is 23.7 Å². The average Bonchev–Trinajstić information content (AvgIpc) is 2.85. The second-order valence-corrected chi connectivity index (χ2v) is 4.48. The Balaban J connectivity index is 2.78. The van der Waals surface area contributed by atoms with Gasteiger partial charge in [0.1, 0.15) is 22.8 Å². The lowest BCUT2D eigenvalue weighted by atomic mass is 9.85. The highest BCUT2D eigenvalue weighted by Gasteiger charge is 2.36. The Morgan fingerprint density at radius 1 is 1.67 bits per heavy atom. The van der Waals surface area contributed by atoms with Crippen LogP contribution >= 0.6 is 12.6 Å². The number of aliphatic carboxylic acids is 1. The van der Waals surface area contributed by atoms with Gasteiger partial charge in [-0.25, -0.2) is 4.98 Å². The van der Waals surface area contributed by atoms with E-state index in [1.165, 1.54) is 0 Å². The second kappa shape index (κ2) is 4.35. The van der Waals surface area contributed by atoms with Crippen molar-refractivity contribution in [2.24, 2.45) is 0 Å². The topological polar surface area (TPSA) is 78.4 Å². The molecule has 0 radical (unpaired) electrons. The molecule has 18 heavy (non-hydrogen) atoms. The van der Waals surface area contributed by atoms with Crippen LogP contribution in [-0.2, 0) is 10.2 Å². The summed E-state index contributed by atoms with van der Waals surface area (Å²) >= 11 is 4.12. The predicted molar refractivity (Wildman–Crippen MR) is 68.7 cm³/mol. The standard InChI is InChI=1S/C12H11N3O2S/c1-12(7-18,11(16)17)9-3-2-8(6-13)15-5-4-14-10(9)15/h2-5,18H,7H2,1H3,(H,16,17). The molecule has 0 aromatic carbocycles. The molecular weight excluding hydrogens is 250 g/mol. The van der Waals surface area contributed by atoms with Crippen molar-refractivity contribution >= 4 is 24.2 Å². The van der Waals surface area contributed by atoms with E-state index in [0.29, 0.717) is 16.9 Å². The molecule has 6 heteroatoms. The van der Waals surface area contributed by atoms with E-state index in [1.54, 1.807) is 35.9 Å². The number of hydrogen-bond acceptors (Lipinski definition) is 4. The van der Waals surface area contributed by atoms with E-state index in [-0.39, 0.29) is 5.75 Å². The minimum absolute atomic E-state index is 0.150. The molecule has 0 amide bonds. The molecule has 0 saturated heterocycles.